The van der Waals surface area contributed by atoms with E-state index in [1.807, 2.05) is 0 Å². The maximum Gasteiger partial charge on any atom is 0.246 e. The molecule has 0 spiro atoms. The average Bonchev–Trinajstić information content (AvgIpc) is 2.32. The Morgan fingerprint density at radius 3 is 2.57 bits per heavy atom. The first-order valence-corrected chi connectivity index (χ1v) is 6.74. The Hall–Kier alpha value is -0.340. The van der Waals surface area contributed by atoms with Crippen LogP contribution >= 0.6 is 24.0 Å². The van der Waals surface area contributed by atoms with E-state index in [0.29, 0.717) is 10.3 Å². The second kappa shape index (κ2) is 4.03. The van der Waals surface area contributed by atoms with Crippen molar-refractivity contribution in [1.82, 2.24) is 9.21 Å². The summed E-state index contributed by atoms with van der Waals surface area (Å²) in [7, 11) is 1.85. The molecule has 1 rings (SSSR count). The molecule has 8 heteroatoms. The Balaban J connectivity index is 2.88. The van der Waals surface area contributed by atoms with Crippen LogP contribution in [-0.2, 0) is 10.0 Å². The third-order valence-electron chi connectivity index (χ3n) is 1.60. The van der Waals surface area contributed by atoms with Crippen LogP contribution in [0.1, 0.15) is 0 Å². The molecule has 0 bridgehead atoms. The number of nitrogens with zero attached hydrogens (tertiary/aromatic N) is 3. The van der Waals surface area contributed by atoms with Gasteiger partial charge in [-0.15, -0.1) is 0 Å². The van der Waals surface area contributed by atoms with Crippen LogP contribution in [-0.4, -0.2) is 54.1 Å². The first-order valence-electron chi connectivity index (χ1n) is 3.74. The smallest absolute Gasteiger partial charge is 0.246 e. The van der Waals surface area contributed by atoms with E-state index in [4.69, 9.17) is 12.2 Å². The number of thiocarbonyl (C=S) groups is 1. The fourth-order valence-electron chi connectivity index (χ4n) is 0.701. The van der Waals surface area contributed by atoms with Gasteiger partial charge in [-0.1, -0.05) is 11.8 Å². The maximum absolute atomic E-state index is 11.3. The number of rotatable bonds is 0. The van der Waals surface area contributed by atoms with Gasteiger partial charge in [0, 0.05) is 21.1 Å². The van der Waals surface area contributed by atoms with E-state index in [1.54, 1.807) is 19.0 Å². The summed E-state index contributed by atoms with van der Waals surface area (Å²) in [5.41, 5.74) is 0. The lowest BCUT2D eigenvalue weighted by Gasteiger charge is -2.12. The van der Waals surface area contributed by atoms with E-state index in [-0.39, 0.29) is 5.08 Å². The molecule has 0 aromatic carbocycles. The highest BCUT2D eigenvalue weighted by Gasteiger charge is 2.31. The van der Waals surface area contributed by atoms with Crippen LogP contribution in [0.5, 0.6) is 0 Å². The predicted octanol–water partition coefficient (Wildman–Crippen LogP) is 0.155. The standard InChI is InChI=1S/C6H11N3O2S3/c1-8(2)5(12)7-6-9(3)14(10,11)4-13-6/h4H2,1-3H3/b7-6-. The van der Waals surface area contributed by atoms with Crippen molar-refractivity contribution in [1.29, 1.82) is 0 Å². The van der Waals surface area contributed by atoms with Gasteiger partial charge in [0.05, 0.1) is 0 Å². The van der Waals surface area contributed by atoms with Gasteiger partial charge in [0.2, 0.25) is 10.0 Å². The minimum absolute atomic E-state index is 0.0401. The molecule has 0 amide bonds. The lowest BCUT2D eigenvalue weighted by atomic mass is 10.9. The Kier molecular flexibility index (Phi) is 3.38. The zero-order valence-corrected chi connectivity index (χ0v) is 10.5. The van der Waals surface area contributed by atoms with Crippen molar-refractivity contribution in [2.45, 2.75) is 0 Å². The van der Waals surface area contributed by atoms with Crippen molar-refractivity contribution < 1.29 is 8.42 Å². The predicted molar refractivity (Wildman–Crippen MR) is 62.9 cm³/mol. The summed E-state index contributed by atoms with van der Waals surface area (Å²) < 4.78 is 23.7. The normalized spacial score (nSPS) is 22.8. The molecular formula is C6H11N3O2S3. The molecule has 80 valence electrons. The third kappa shape index (κ3) is 2.37. The van der Waals surface area contributed by atoms with Crippen LogP contribution in [0.4, 0.5) is 0 Å². The number of hydrogen-bond acceptors (Lipinski definition) is 4. The van der Waals surface area contributed by atoms with E-state index in [0.717, 1.165) is 4.31 Å². The summed E-state index contributed by atoms with van der Waals surface area (Å²) >= 11 is 6.12. The Bertz CT molecular complexity index is 374. The quantitative estimate of drug-likeness (QED) is 0.575. The van der Waals surface area contributed by atoms with Gasteiger partial charge >= 0.3 is 0 Å². The highest BCUT2D eigenvalue weighted by Crippen LogP contribution is 2.23. The minimum atomic E-state index is -3.16. The molecule has 0 unspecified atom stereocenters. The number of aliphatic imine (C=N–C) groups is 1. The van der Waals surface area contributed by atoms with Crippen LogP contribution in [0.25, 0.3) is 0 Å². The molecule has 0 aromatic heterocycles. The minimum Gasteiger partial charge on any atom is -0.354 e. The second-order valence-corrected chi connectivity index (χ2v) is 6.59. The SMILES string of the molecule is CN(C)C(=S)/N=C1\SCS(=O)(=O)N1C. The molecule has 0 atom stereocenters. The topological polar surface area (TPSA) is 53.0 Å². The van der Waals surface area contributed by atoms with E-state index in [9.17, 15) is 8.42 Å². The molecule has 0 radical (unpaired) electrons. The van der Waals surface area contributed by atoms with Crippen molar-refractivity contribution >= 4 is 44.3 Å². The van der Waals surface area contributed by atoms with Gasteiger partial charge in [0.1, 0.15) is 5.08 Å². The summed E-state index contributed by atoms with van der Waals surface area (Å²) in [6.07, 6.45) is 0. The van der Waals surface area contributed by atoms with Gasteiger partial charge < -0.3 is 4.90 Å². The van der Waals surface area contributed by atoms with Crippen LogP contribution in [0, 0.1) is 0 Å². The second-order valence-electron chi connectivity index (χ2n) is 2.91. The van der Waals surface area contributed by atoms with Crippen molar-refractivity contribution in [3.63, 3.8) is 0 Å². The fourth-order valence-corrected chi connectivity index (χ4v) is 3.61. The summed E-state index contributed by atoms with van der Waals surface area (Å²) in [5, 5.41) is 0.846. The lowest BCUT2D eigenvalue weighted by Crippen LogP contribution is -2.27. The van der Waals surface area contributed by atoms with Crippen LogP contribution in [0.15, 0.2) is 4.99 Å². The van der Waals surface area contributed by atoms with Gasteiger partial charge in [-0.05, 0) is 12.2 Å². The van der Waals surface area contributed by atoms with E-state index in [1.165, 1.54) is 18.8 Å². The van der Waals surface area contributed by atoms with Crippen molar-refractivity contribution in [2.75, 3.05) is 26.2 Å². The summed E-state index contributed by atoms with van der Waals surface area (Å²) in [4.78, 5) is 5.69. The average molecular weight is 253 g/mol. The molecule has 1 heterocycles. The Morgan fingerprint density at radius 2 is 2.21 bits per heavy atom. The van der Waals surface area contributed by atoms with Gasteiger partial charge in [-0.3, -0.25) is 4.31 Å². The third-order valence-corrected chi connectivity index (χ3v) is 5.46. The molecule has 0 aliphatic carbocycles. The molecule has 0 aromatic rings. The largest absolute Gasteiger partial charge is 0.354 e. The first kappa shape index (κ1) is 11.7. The zero-order valence-electron chi connectivity index (χ0n) is 8.09. The van der Waals surface area contributed by atoms with Crippen LogP contribution in [0.2, 0.25) is 0 Å². The van der Waals surface area contributed by atoms with E-state index in [2.05, 4.69) is 4.99 Å². The molecule has 1 aliphatic rings. The summed E-state index contributed by atoms with van der Waals surface area (Å²) in [5.74, 6) is 0. The van der Waals surface area contributed by atoms with Gasteiger partial charge in [-0.2, -0.15) is 4.99 Å². The number of amidine groups is 1. The highest BCUT2D eigenvalue weighted by atomic mass is 32.3. The maximum atomic E-state index is 11.3. The van der Waals surface area contributed by atoms with Crippen molar-refractivity contribution in [2.24, 2.45) is 4.99 Å². The molecular weight excluding hydrogens is 242 g/mol. The van der Waals surface area contributed by atoms with Crippen LogP contribution in [0.3, 0.4) is 0 Å². The molecule has 0 N–H and O–H groups in total. The van der Waals surface area contributed by atoms with Crippen molar-refractivity contribution in [3.05, 3.63) is 0 Å². The van der Waals surface area contributed by atoms with E-state index >= 15 is 0 Å². The molecule has 1 fully saturated rings. The molecule has 1 aliphatic heterocycles. The fraction of sp³-hybridized carbons (Fsp3) is 0.667. The lowest BCUT2D eigenvalue weighted by molar-refractivity contribution is 0.562. The van der Waals surface area contributed by atoms with Gasteiger partial charge in [-0.25, -0.2) is 8.42 Å². The van der Waals surface area contributed by atoms with Gasteiger partial charge in [0.25, 0.3) is 0 Å². The first-order chi connectivity index (χ1) is 6.34. The summed E-state index contributed by atoms with van der Waals surface area (Å²) in [6, 6.07) is 0. The number of thioether (sulfide) groups is 1. The zero-order chi connectivity index (χ0) is 10.9. The molecule has 14 heavy (non-hydrogen) atoms. The molecule has 0 saturated carbocycles. The van der Waals surface area contributed by atoms with E-state index < -0.39 is 10.0 Å². The summed E-state index contributed by atoms with van der Waals surface area (Å²) in [6.45, 7) is 0. The monoisotopic (exact) mass is 253 g/mol. The Labute approximate surface area is 93.2 Å². The number of hydrogen-bond donors (Lipinski definition) is 0. The molecule has 5 nitrogen and oxygen atoms in total. The van der Waals surface area contributed by atoms with Crippen molar-refractivity contribution in [3.8, 4) is 0 Å². The number of sulfonamides is 1. The highest BCUT2D eigenvalue weighted by molar-refractivity contribution is 8.25. The van der Waals surface area contributed by atoms with Crippen LogP contribution < -0.4 is 0 Å². The van der Waals surface area contributed by atoms with Gasteiger partial charge in [0.15, 0.2) is 10.3 Å². The Morgan fingerprint density at radius 1 is 1.64 bits per heavy atom. The molecule has 1 saturated heterocycles.